The topological polar surface area (TPSA) is 91.7 Å². The van der Waals surface area contributed by atoms with Gasteiger partial charge >= 0.3 is 11.9 Å². The van der Waals surface area contributed by atoms with Crippen molar-refractivity contribution in [1.82, 2.24) is 0 Å². The minimum atomic E-state index is -2.05. The molecule has 2 aromatic carbocycles. The highest BCUT2D eigenvalue weighted by molar-refractivity contribution is 6.22. The molecule has 0 aromatic heterocycles. The van der Waals surface area contributed by atoms with E-state index < -0.39 is 35.0 Å². The fourth-order valence-electron chi connectivity index (χ4n) is 4.20. The number of carboxylic acids is 2. The molecular formula is C18H12O5. The molecule has 3 atom stereocenters. The first kappa shape index (κ1) is 13.7. The van der Waals surface area contributed by atoms with Gasteiger partial charge in [0, 0.05) is 11.5 Å². The summed E-state index contributed by atoms with van der Waals surface area (Å²) in [6.45, 7) is 0. The van der Waals surface area contributed by atoms with Crippen molar-refractivity contribution in [2.45, 2.75) is 11.3 Å². The second-order valence-electron chi connectivity index (χ2n) is 5.91. The molecule has 0 aliphatic heterocycles. The Morgan fingerprint density at radius 1 is 0.913 bits per heavy atom. The normalized spacial score (nSPS) is 27.2. The Bertz CT molecular complexity index is 884. The first-order valence-corrected chi connectivity index (χ1v) is 7.20. The van der Waals surface area contributed by atoms with Gasteiger partial charge in [0.15, 0.2) is 11.2 Å². The molecule has 5 heteroatoms. The third-order valence-corrected chi connectivity index (χ3v) is 5.02. The van der Waals surface area contributed by atoms with E-state index in [9.17, 15) is 24.6 Å². The summed E-state index contributed by atoms with van der Waals surface area (Å²) in [5.41, 5.74) is -0.256. The highest BCUT2D eigenvalue weighted by Crippen LogP contribution is 2.58. The van der Waals surface area contributed by atoms with Crippen LogP contribution in [0.2, 0.25) is 0 Å². The minimum Gasteiger partial charge on any atom is -0.481 e. The Hall–Kier alpha value is -2.95. The van der Waals surface area contributed by atoms with Gasteiger partial charge in [0.1, 0.15) is 0 Å². The van der Waals surface area contributed by atoms with Gasteiger partial charge in [-0.2, -0.15) is 0 Å². The van der Waals surface area contributed by atoms with Crippen LogP contribution in [0.5, 0.6) is 0 Å². The lowest BCUT2D eigenvalue weighted by Crippen LogP contribution is -2.53. The Morgan fingerprint density at radius 2 is 1.52 bits per heavy atom. The summed E-state index contributed by atoms with van der Waals surface area (Å²) in [6.07, 6.45) is 0. The lowest BCUT2D eigenvalue weighted by molar-refractivity contribution is -0.153. The fourth-order valence-corrected chi connectivity index (χ4v) is 4.20. The molecular weight excluding hydrogens is 296 g/mol. The van der Waals surface area contributed by atoms with E-state index in [1.54, 1.807) is 48.5 Å². The molecule has 0 amide bonds. The zero-order valence-electron chi connectivity index (χ0n) is 11.9. The monoisotopic (exact) mass is 308 g/mol. The van der Waals surface area contributed by atoms with Crippen LogP contribution in [0.1, 0.15) is 33.0 Å². The van der Waals surface area contributed by atoms with Crippen LogP contribution in [0.15, 0.2) is 48.5 Å². The smallest absolute Gasteiger partial charge is 0.323 e. The summed E-state index contributed by atoms with van der Waals surface area (Å²) in [5.74, 6) is -5.28. The molecule has 2 bridgehead atoms. The van der Waals surface area contributed by atoms with Crippen molar-refractivity contribution in [1.29, 1.82) is 0 Å². The van der Waals surface area contributed by atoms with Crippen LogP contribution < -0.4 is 0 Å². The van der Waals surface area contributed by atoms with E-state index in [0.717, 1.165) is 0 Å². The van der Waals surface area contributed by atoms with Crippen molar-refractivity contribution in [3.8, 4) is 0 Å². The number of aliphatic carboxylic acids is 2. The van der Waals surface area contributed by atoms with Crippen LogP contribution in [0.3, 0.4) is 0 Å². The molecule has 2 N–H and O–H groups in total. The number of hydrogen-bond acceptors (Lipinski definition) is 3. The predicted molar refractivity (Wildman–Crippen MR) is 79.5 cm³/mol. The van der Waals surface area contributed by atoms with E-state index in [1.807, 2.05) is 0 Å². The average molecular weight is 308 g/mol. The molecule has 0 saturated heterocycles. The third-order valence-electron chi connectivity index (χ3n) is 5.02. The zero-order valence-corrected chi connectivity index (χ0v) is 11.9. The summed E-state index contributed by atoms with van der Waals surface area (Å²) >= 11 is 0. The first-order chi connectivity index (χ1) is 11.0. The maximum atomic E-state index is 13.1. The lowest BCUT2D eigenvalue weighted by atomic mass is 9.62. The maximum Gasteiger partial charge on any atom is 0.323 e. The van der Waals surface area contributed by atoms with E-state index in [2.05, 4.69) is 0 Å². The van der Waals surface area contributed by atoms with E-state index in [1.165, 1.54) is 0 Å². The number of rotatable bonds is 2. The van der Waals surface area contributed by atoms with Gasteiger partial charge in [0.05, 0.1) is 5.92 Å². The molecule has 0 unspecified atom stereocenters. The van der Waals surface area contributed by atoms with Crippen molar-refractivity contribution in [3.05, 3.63) is 70.8 Å². The molecule has 0 spiro atoms. The molecule has 2 aliphatic rings. The van der Waals surface area contributed by atoms with Crippen molar-refractivity contribution in [3.63, 3.8) is 0 Å². The van der Waals surface area contributed by atoms with E-state index in [4.69, 9.17) is 0 Å². The van der Waals surface area contributed by atoms with Crippen molar-refractivity contribution >= 4 is 17.7 Å². The molecule has 0 fully saturated rings. The van der Waals surface area contributed by atoms with E-state index in [0.29, 0.717) is 22.3 Å². The van der Waals surface area contributed by atoms with Gasteiger partial charge in [-0.1, -0.05) is 48.5 Å². The van der Waals surface area contributed by atoms with Crippen molar-refractivity contribution < 1.29 is 24.6 Å². The largest absolute Gasteiger partial charge is 0.481 e. The maximum absolute atomic E-state index is 13.1. The number of fused-ring (bicyclic) bond motifs is 7. The average Bonchev–Trinajstić information content (AvgIpc) is 2.82. The molecule has 0 saturated carbocycles. The van der Waals surface area contributed by atoms with Crippen LogP contribution >= 0.6 is 0 Å². The summed E-state index contributed by atoms with van der Waals surface area (Å²) in [5, 5.41) is 19.6. The fraction of sp³-hybridized carbons (Fsp3) is 0.167. The summed E-state index contributed by atoms with van der Waals surface area (Å²) < 4.78 is 0. The molecule has 5 nitrogen and oxygen atoms in total. The molecule has 23 heavy (non-hydrogen) atoms. The lowest BCUT2D eigenvalue weighted by Gasteiger charge is -2.35. The van der Waals surface area contributed by atoms with Gasteiger partial charge in [-0.25, -0.2) is 0 Å². The van der Waals surface area contributed by atoms with Gasteiger partial charge in [-0.3, -0.25) is 14.4 Å². The quantitative estimate of drug-likeness (QED) is 0.828. The molecule has 0 radical (unpaired) electrons. The minimum absolute atomic E-state index is 0.297. The third kappa shape index (κ3) is 1.39. The number of carboxylic acid groups (broad SMARTS) is 2. The van der Waals surface area contributed by atoms with Crippen LogP contribution in [0.4, 0.5) is 0 Å². The number of benzene rings is 2. The Balaban J connectivity index is 2.19. The van der Waals surface area contributed by atoms with Crippen LogP contribution in [-0.4, -0.2) is 27.9 Å². The zero-order chi connectivity index (χ0) is 16.4. The number of carbonyl (C=O) groups excluding carboxylic acids is 1. The highest BCUT2D eigenvalue weighted by Gasteiger charge is 2.68. The molecule has 2 aromatic rings. The molecule has 114 valence electrons. The van der Waals surface area contributed by atoms with E-state index >= 15 is 0 Å². The highest BCUT2D eigenvalue weighted by atomic mass is 16.4. The SMILES string of the molecule is O=C(O)[C@@H]1[C@@H]2c3ccccc3C(=O)[C@@]1(C(=O)O)c1ccccc12. The van der Waals surface area contributed by atoms with Gasteiger partial charge < -0.3 is 10.2 Å². The summed E-state index contributed by atoms with van der Waals surface area (Å²) in [6, 6.07) is 13.3. The van der Waals surface area contributed by atoms with Crippen molar-refractivity contribution in [2.24, 2.45) is 5.92 Å². The Morgan fingerprint density at radius 3 is 2.17 bits per heavy atom. The van der Waals surface area contributed by atoms with Gasteiger partial charge in [-0.05, 0) is 16.7 Å². The van der Waals surface area contributed by atoms with Crippen LogP contribution in [0, 0.1) is 5.92 Å². The number of ketones is 1. The predicted octanol–water partition coefficient (Wildman–Crippen LogP) is 2.05. The Kier molecular flexibility index (Phi) is 2.55. The van der Waals surface area contributed by atoms with Gasteiger partial charge in [0.25, 0.3) is 0 Å². The van der Waals surface area contributed by atoms with Crippen LogP contribution in [0.25, 0.3) is 0 Å². The number of hydrogen-bond donors (Lipinski definition) is 2. The van der Waals surface area contributed by atoms with Gasteiger partial charge in [0.2, 0.25) is 0 Å². The molecule has 4 rings (SSSR count). The van der Waals surface area contributed by atoms with E-state index in [-0.39, 0.29) is 0 Å². The Labute approximate surface area is 131 Å². The first-order valence-electron chi connectivity index (χ1n) is 7.20. The number of Topliss-reactive ketones (excluding diaryl/α,β-unsaturated/α-hetero) is 1. The number of carbonyl (C=O) groups is 3. The summed E-state index contributed by atoms with van der Waals surface area (Å²) in [4.78, 5) is 37.2. The van der Waals surface area contributed by atoms with Crippen molar-refractivity contribution in [2.75, 3.05) is 0 Å². The second-order valence-corrected chi connectivity index (χ2v) is 5.91. The standard InChI is InChI=1S/C18H12O5/c19-15-10-6-2-1-5-9(10)13-11-7-3-4-8-12(11)18(15,17(22)23)14(13)16(20)21/h1-8,13-14H,(H,20,21)(H,22,23)/t13-,14+,18-/m1/s1. The van der Waals surface area contributed by atoms with Gasteiger partial charge in [-0.15, -0.1) is 0 Å². The molecule has 2 aliphatic carbocycles. The summed E-state index contributed by atoms with van der Waals surface area (Å²) in [7, 11) is 0. The molecule has 0 heterocycles. The second kappa shape index (κ2) is 4.29. The van der Waals surface area contributed by atoms with Crippen LogP contribution in [-0.2, 0) is 15.0 Å².